The molecule has 1 heterocycles. The Kier molecular flexibility index (Phi) is 6.86. The predicted molar refractivity (Wildman–Crippen MR) is 113 cm³/mol. The van der Waals surface area contributed by atoms with Crippen molar-refractivity contribution in [3.05, 3.63) is 63.6 Å². The molecule has 1 fully saturated rings. The molecule has 148 valence electrons. The van der Waals surface area contributed by atoms with E-state index in [0.29, 0.717) is 11.3 Å². The molecule has 1 amide bonds. The van der Waals surface area contributed by atoms with Gasteiger partial charge in [-0.3, -0.25) is 9.69 Å². The second kappa shape index (κ2) is 9.34. The number of halogens is 1. The Morgan fingerprint density at radius 2 is 1.82 bits per heavy atom. The normalized spacial score (nSPS) is 15.2. The van der Waals surface area contributed by atoms with Gasteiger partial charge in [-0.05, 0) is 68.2 Å². The molecule has 28 heavy (non-hydrogen) atoms. The number of piperidine rings is 1. The molecular formula is C22H25BrN2O3. The van der Waals surface area contributed by atoms with Crippen LogP contribution in [0, 0.1) is 12.8 Å². The Morgan fingerprint density at radius 3 is 2.46 bits per heavy atom. The Bertz CT molecular complexity index is 843. The van der Waals surface area contributed by atoms with Gasteiger partial charge in [-0.1, -0.05) is 34.1 Å². The van der Waals surface area contributed by atoms with Crippen molar-refractivity contribution in [2.24, 2.45) is 5.92 Å². The van der Waals surface area contributed by atoms with Gasteiger partial charge < -0.3 is 10.1 Å². The molecule has 5 nitrogen and oxygen atoms in total. The van der Waals surface area contributed by atoms with E-state index in [1.165, 1.54) is 12.7 Å². The van der Waals surface area contributed by atoms with E-state index >= 15 is 0 Å². The van der Waals surface area contributed by atoms with Gasteiger partial charge >= 0.3 is 5.97 Å². The monoisotopic (exact) mass is 444 g/mol. The number of carbonyl (C=O) groups is 2. The number of nitrogens with one attached hydrogen (secondary N) is 1. The van der Waals surface area contributed by atoms with Crippen LogP contribution in [0.15, 0.2) is 46.9 Å². The SMILES string of the molecule is COC(=O)c1ccc(C)c(NC(=O)C2CCN(Cc3ccc(Br)cc3)CC2)c1. The van der Waals surface area contributed by atoms with Crippen molar-refractivity contribution in [2.45, 2.75) is 26.3 Å². The minimum absolute atomic E-state index is 0.0117. The Hall–Kier alpha value is -2.18. The number of rotatable bonds is 5. The molecule has 0 unspecified atom stereocenters. The third kappa shape index (κ3) is 5.20. The lowest BCUT2D eigenvalue weighted by Gasteiger charge is -2.31. The van der Waals surface area contributed by atoms with Crippen LogP contribution >= 0.6 is 15.9 Å². The van der Waals surface area contributed by atoms with Crippen molar-refractivity contribution in [3.8, 4) is 0 Å². The fourth-order valence-corrected chi connectivity index (χ4v) is 3.70. The fraction of sp³-hybridized carbons (Fsp3) is 0.364. The van der Waals surface area contributed by atoms with Crippen LogP contribution in [-0.4, -0.2) is 37.0 Å². The largest absolute Gasteiger partial charge is 0.465 e. The maximum Gasteiger partial charge on any atom is 0.337 e. The summed E-state index contributed by atoms with van der Waals surface area (Å²) >= 11 is 3.46. The molecule has 6 heteroatoms. The lowest BCUT2D eigenvalue weighted by molar-refractivity contribution is -0.121. The molecule has 0 radical (unpaired) electrons. The number of anilines is 1. The lowest BCUT2D eigenvalue weighted by Crippen LogP contribution is -2.37. The van der Waals surface area contributed by atoms with Crippen molar-refractivity contribution in [2.75, 3.05) is 25.5 Å². The molecule has 0 aromatic heterocycles. The van der Waals surface area contributed by atoms with Gasteiger partial charge in [0.15, 0.2) is 0 Å². The van der Waals surface area contributed by atoms with Crippen molar-refractivity contribution in [3.63, 3.8) is 0 Å². The molecule has 1 aliphatic heterocycles. The topological polar surface area (TPSA) is 58.6 Å². The molecule has 0 bridgehead atoms. The van der Waals surface area contributed by atoms with Crippen LogP contribution in [0.25, 0.3) is 0 Å². The summed E-state index contributed by atoms with van der Waals surface area (Å²) in [5.41, 5.74) is 3.31. The van der Waals surface area contributed by atoms with E-state index in [1.807, 2.05) is 13.0 Å². The highest BCUT2D eigenvalue weighted by molar-refractivity contribution is 9.10. The average molecular weight is 445 g/mol. The third-order valence-corrected chi connectivity index (χ3v) is 5.72. The molecule has 2 aromatic rings. The first-order valence-corrected chi connectivity index (χ1v) is 10.2. The van der Waals surface area contributed by atoms with Gasteiger partial charge in [0.1, 0.15) is 0 Å². The number of ether oxygens (including phenoxy) is 1. The van der Waals surface area contributed by atoms with Crippen LogP contribution in [0.2, 0.25) is 0 Å². The average Bonchev–Trinajstić information content (AvgIpc) is 2.71. The number of hydrogen-bond donors (Lipinski definition) is 1. The van der Waals surface area contributed by atoms with Crippen LogP contribution in [0.3, 0.4) is 0 Å². The number of nitrogens with zero attached hydrogens (tertiary/aromatic N) is 1. The van der Waals surface area contributed by atoms with Crippen molar-refractivity contribution in [1.82, 2.24) is 4.90 Å². The third-order valence-electron chi connectivity index (χ3n) is 5.19. The molecule has 3 rings (SSSR count). The van der Waals surface area contributed by atoms with Crippen LogP contribution < -0.4 is 5.32 Å². The summed E-state index contributed by atoms with van der Waals surface area (Å²) in [6.07, 6.45) is 1.66. The molecular weight excluding hydrogens is 420 g/mol. The number of aryl methyl sites for hydroxylation is 1. The number of likely N-dealkylation sites (tertiary alicyclic amines) is 1. The Morgan fingerprint density at radius 1 is 1.14 bits per heavy atom. The van der Waals surface area contributed by atoms with E-state index in [9.17, 15) is 9.59 Å². The predicted octanol–water partition coefficient (Wildman–Crippen LogP) is 4.39. The van der Waals surface area contributed by atoms with Gasteiger partial charge in [-0.2, -0.15) is 0 Å². The van der Waals surface area contributed by atoms with Crippen molar-refractivity contribution < 1.29 is 14.3 Å². The van der Waals surface area contributed by atoms with E-state index in [1.54, 1.807) is 12.1 Å². The van der Waals surface area contributed by atoms with Crippen LogP contribution in [0.5, 0.6) is 0 Å². The summed E-state index contributed by atoms with van der Waals surface area (Å²) in [5.74, 6) is -0.396. The highest BCUT2D eigenvalue weighted by Crippen LogP contribution is 2.23. The first-order valence-electron chi connectivity index (χ1n) is 9.43. The van der Waals surface area contributed by atoms with Gasteiger partial charge in [0.05, 0.1) is 12.7 Å². The van der Waals surface area contributed by atoms with Gasteiger partial charge in [0, 0.05) is 22.6 Å². The minimum Gasteiger partial charge on any atom is -0.465 e. The molecule has 1 N–H and O–H groups in total. The number of esters is 1. The zero-order valence-corrected chi connectivity index (χ0v) is 17.8. The number of amides is 1. The molecule has 0 spiro atoms. The van der Waals surface area contributed by atoms with E-state index in [2.05, 4.69) is 50.4 Å². The molecule has 0 saturated carbocycles. The number of benzene rings is 2. The Balaban J connectivity index is 1.55. The van der Waals surface area contributed by atoms with E-state index < -0.39 is 5.97 Å². The van der Waals surface area contributed by atoms with Crippen LogP contribution in [0.4, 0.5) is 5.69 Å². The summed E-state index contributed by atoms with van der Waals surface area (Å²) < 4.78 is 5.84. The lowest BCUT2D eigenvalue weighted by atomic mass is 9.95. The summed E-state index contributed by atoms with van der Waals surface area (Å²) in [5, 5.41) is 3.00. The maximum atomic E-state index is 12.7. The molecule has 2 aromatic carbocycles. The number of carbonyl (C=O) groups excluding carboxylic acids is 2. The summed E-state index contributed by atoms with van der Waals surface area (Å²) in [6.45, 7) is 4.62. The van der Waals surface area contributed by atoms with E-state index in [4.69, 9.17) is 4.74 Å². The highest BCUT2D eigenvalue weighted by Gasteiger charge is 2.25. The molecule has 0 aliphatic carbocycles. The number of methoxy groups -OCH3 is 1. The molecule has 1 saturated heterocycles. The Labute approximate surface area is 174 Å². The van der Waals surface area contributed by atoms with Gasteiger partial charge in [-0.15, -0.1) is 0 Å². The quantitative estimate of drug-likeness (QED) is 0.694. The highest BCUT2D eigenvalue weighted by atomic mass is 79.9. The second-order valence-electron chi connectivity index (χ2n) is 7.19. The molecule has 1 aliphatic rings. The van der Waals surface area contributed by atoms with Gasteiger partial charge in [-0.25, -0.2) is 4.79 Å². The summed E-state index contributed by atoms with van der Waals surface area (Å²) in [4.78, 5) is 26.8. The van der Waals surface area contributed by atoms with E-state index in [0.717, 1.165) is 42.5 Å². The zero-order chi connectivity index (χ0) is 20.1. The summed E-state index contributed by atoms with van der Waals surface area (Å²) in [7, 11) is 1.35. The van der Waals surface area contributed by atoms with Crippen LogP contribution in [-0.2, 0) is 16.1 Å². The first kappa shape index (κ1) is 20.6. The fourth-order valence-electron chi connectivity index (χ4n) is 3.44. The van der Waals surface area contributed by atoms with Gasteiger partial charge in [0.25, 0.3) is 0 Å². The second-order valence-corrected chi connectivity index (χ2v) is 8.10. The maximum absolute atomic E-state index is 12.7. The number of hydrogen-bond acceptors (Lipinski definition) is 4. The van der Waals surface area contributed by atoms with Gasteiger partial charge in [0.2, 0.25) is 5.91 Å². The standard InChI is InChI=1S/C22H25BrN2O3/c1-15-3-6-18(22(27)28-2)13-20(15)24-21(26)17-9-11-25(12-10-17)14-16-4-7-19(23)8-5-16/h3-8,13,17H,9-12,14H2,1-2H3,(H,24,26). The van der Waals surface area contributed by atoms with Crippen LogP contribution in [0.1, 0.15) is 34.3 Å². The zero-order valence-electron chi connectivity index (χ0n) is 16.2. The minimum atomic E-state index is -0.406. The van der Waals surface area contributed by atoms with Crippen molar-refractivity contribution >= 4 is 33.5 Å². The summed E-state index contributed by atoms with van der Waals surface area (Å²) in [6, 6.07) is 13.6. The van der Waals surface area contributed by atoms with E-state index in [-0.39, 0.29) is 11.8 Å². The first-order chi connectivity index (χ1) is 13.5. The molecule has 0 atom stereocenters. The van der Waals surface area contributed by atoms with Crippen molar-refractivity contribution in [1.29, 1.82) is 0 Å². The smallest absolute Gasteiger partial charge is 0.337 e.